The number of ether oxygens (including phenoxy) is 2. The van der Waals surface area contributed by atoms with Crippen molar-refractivity contribution in [1.29, 1.82) is 0 Å². The van der Waals surface area contributed by atoms with Gasteiger partial charge in [-0.1, -0.05) is 0 Å². The standard InChI is InChI=1S/C26H30N4O6/c1-5-35-25(33)15(3)27-23-21(17-7-11-19(31)12-8-17)29-22(18-9-13-20(32)14-10-18)24(30-23)28-16(4)26(34)36-6-2/h7-16,31-32H,5-6H2,1-4H3,(H2,27,28,30). The largest absolute Gasteiger partial charge is 0.508 e. The Morgan fingerprint density at radius 3 is 1.42 bits per heavy atom. The van der Waals surface area contributed by atoms with Crippen LogP contribution in [0.2, 0.25) is 0 Å². The molecule has 2 aromatic carbocycles. The second-order valence-electron chi connectivity index (χ2n) is 7.95. The van der Waals surface area contributed by atoms with E-state index in [-0.39, 0.29) is 36.3 Å². The molecule has 2 atom stereocenters. The van der Waals surface area contributed by atoms with Crippen molar-refractivity contribution in [1.82, 2.24) is 9.97 Å². The number of hydrogen-bond donors (Lipinski definition) is 4. The minimum atomic E-state index is -0.745. The van der Waals surface area contributed by atoms with Crippen LogP contribution in [0, 0.1) is 0 Å². The number of esters is 2. The molecule has 10 nitrogen and oxygen atoms in total. The van der Waals surface area contributed by atoms with Crippen LogP contribution in [0.25, 0.3) is 22.5 Å². The number of nitrogens with zero attached hydrogens (tertiary/aromatic N) is 2. The molecule has 0 spiro atoms. The van der Waals surface area contributed by atoms with E-state index in [1.165, 1.54) is 24.3 Å². The van der Waals surface area contributed by atoms with Gasteiger partial charge in [0.05, 0.1) is 13.2 Å². The molecule has 0 aliphatic carbocycles. The Labute approximate surface area is 209 Å². The van der Waals surface area contributed by atoms with Gasteiger partial charge in [0.15, 0.2) is 11.6 Å². The maximum atomic E-state index is 12.3. The van der Waals surface area contributed by atoms with Gasteiger partial charge in [-0.3, -0.25) is 0 Å². The maximum Gasteiger partial charge on any atom is 0.328 e. The number of anilines is 2. The van der Waals surface area contributed by atoms with Crippen LogP contribution in [0.4, 0.5) is 11.6 Å². The maximum absolute atomic E-state index is 12.3. The molecule has 0 aliphatic heterocycles. The van der Waals surface area contributed by atoms with E-state index in [1.807, 2.05) is 0 Å². The molecule has 0 bridgehead atoms. The average Bonchev–Trinajstić information content (AvgIpc) is 2.85. The number of benzene rings is 2. The normalized spacial score (nSPS) is 12.3. The molecule has 3 aromatic rings. The quantitative estimate of drug-likeness (QED) is 0.306. The summed E-state index contributed by atoms with van der Waals surface area (Å²) < 4.78 is 10.2. The third kappa shape index (κ3) is 6.41. The molecule has 1 heterocycles. The molecule has 4 N–H and O–H groups in total. The van der Waals surface area contributed by atoms with Crippen LogP contribution in [0.15, 0.2) is 48.5 Å². The highest BCUT2D eigenvalue weighted by atomic mass is 16.5. The lowest BCUT2D eigenvalue weighted by Gasteiger charge is -2.21. The molecule has 10 heteroatoms. The van der Waals surface area contributed by atoms with Crippen LogP contribution >= 0.6 is 0 Å². The molecule has 0 saturated heterocycles. The number of aromatic hydroxyl groups is 2. The van der Waals surface area contributed by atoms with Crippen molar-refractivity contribution in [3.8, 4) is 34.0 Å². The smallest absolute Gasteiger partial charge is 0.328 e. The zero-order chi connectivity index (χ0) is 26.2. The van der Waals surface area contributed by atoms with Gasteiger partial charge < -0.3 is 30.3 Å². The van der Waals surface area contributed by atoms with E-state index in [4.69, 9.17) is 19.4 Å². The van der Waals surface area contributed by atoms with E-state index in [0.717, 1.165) is 0 Å². The first-order chi connectivity index (χ1) is 17.2. The predicted octanol–water partition coefficient (Wildman–Crippen LogP) is 3.95. The zero-order valence-corrected chi connectivity index (χ0v) is 20.6. The zero-order valence-electron chi connectivity index (χ0n) is 20.6. The third-order valence-corrected chi connectivity index (χ3v) is 5.16. The topological polar surface area (TPSA) is 143 Å². The number of aromatic nitrogens is 2. The van der Waals surface area contributed by atoms with E-state index < -0.39 is 24.0 Å². The first kappa shape index (κ1) is 26.3. The summed E-state index contributed by atoms with van der Waals surface area (Å²) in [5.74, 6) is -0.228. The molecular formula is C26H30N4O6. The first-order valence-corrected chi connectivity index (χ1v) is 11.6. The fourth-order valence-corrected chi connectivity index (χ4v) is 3.34. The minimum absolute atomic E-state index is 0.0846. The number of phenols is 2. The van der Waals surface area contributed by atoms with Gasteiger partial charge in [-0.2, -0.15) is 0 Å². The summed E-state index contributed by atoms with van der Waals surface area (Å²) >= 11 is 0. The van der Waals surface area contributed by atoms with Crippen LogP contribution in [0.5, 0.6) is 11.5 Å². The van der Waals surface area contributed by atoms with Crippen LogP contribution < -0.4 is 10.6 Å². The molecule has 0 fully saturated rings. The third-order valence-electron chi connectivity index (χ3n) is 5.16. The van der Waals surface area contributed by atoms with Crippen molar-refractivity contribution >= 4 is 23.6 Å². The van der Waals surface area contributed by atoms with Crippen molar-refractivity contribution in [2.45, 2.75) is 39.8 Å². The van der Waals surface area contributed by atoms with Crippen LogP contribution in [-0.4, -0.2) is 57.4 Å². The summed E-state index contributed by atoms with van der Waals surface area (Å²) in [5, 5.41) is 25.6. The van der Waals surface area contributed by atoms with Crippen molar-refractivity contribution in [3.63, 3.8) is 0 Å². The number of hydrogen-bond acceptors (Lipinski definition) is 10. The molecule has 0 amide bonds. The van der Waals surface area contributed by atoms with Gasteiger partial charge in [0.25, 0.3) is 0 Å². The van der Waals surface area contributed by atoms with Gasteiger partial charge in [-0.05, 0) is 76.2 Å². The molecule has 2 unspecified atom stereocenters. The Hall–Kier alpha value is -4.34. The lowest BCUT2D eigenvalue weighted by molar-refractivity contribution is -0.144. The highest BCUT2D eigenvalue weighted by Gasteiger charge is 2.23. The van der Waals surface area contributed by atoms with Crippen molar-refractivity contribution in [3.05, 3.63) is 48.5 Å². The fraction of sp³-hybridized carbons (Fsp3) is 0.308. The molecule has 1 aromatic heterocycles. The van der Waals surface area contributed by atoms with Gasteiger partial charge in [-0.15, -0.1) is 0 Å². The second kappa shape index (κ2) is 11.9. The Balaban J connectivity index is 2.18. The molecule has 0 radical (unpaired) electrons. The summed E-state index contributed by atoms with van der Waals surface area (Å²) in [5.41, 5.74) is 2.07. The monoisotopic (exact) mass is 494 g/mol. The van der Waals surface area contributed by atoms with Crippen molar-refractivity contribution in [2.75, 3.05) is 23.8 Å². The first-order valence-electron chi connectivity index (χ1n) is 11.6. The minimum Gasteiger partial charge on any atom is -0.508 e. The Bertz CT molecular complexity index is 1110. The Morgan fingerprint density at radius 2 is 1.08 bits per heavy atom. The summed E-state index contributed by atoms with van der Waals surface area (Å²) in [6.45, 7) is 7.18. The van der Waals surface area contributed by atoms with Gasteiger partial charge in [0.1, 0.15) is 35.0 Å². The van der Waals surface area contributed by atoms with Crippen LogP contribution in [0.3, 0.4) is 0 Å². The van der Waals surface area contributed by atoms with Gasteiger partial charge in [-0.25, -0.2) is 19.6 Å². The summed E-state index contributed by atoms with van der Waals surface area (Å²) in [7, 11) is 0. The lowest BCUT2D eigenvalue weighted by Crippen LogP contribution is -2.31. The van der Waals surface area contributed by atoms with E-state index >= 15 is 0 Å². The summed E-state index contributed by atoms with van der Waals surface area (Å²) in [4.78, 5) is 34.2. The number of carbonyl (C=O) groups is 2. The van der Waals surface area contributed by atoms with E-state index in [2.05, 4.69) is 10.6 Å². The number of carbonyl (C=O) groups excluding carboxylic acids is 2. The highest BCUT2D eigenvalue weighted by Crippen LogP contribution is 2.34. The van der Waals surface area contributed by atoms with E-state index in [0.29, 0.717) is 22.5 Å². The molecule has 3 rings (SSSR count). The SMILES string of the molecule is CCOC(=O)C(C)Nc1nc(NC(C)C(=O)OCC)c(-c2ccc(O)cc2)nc1-c1ccc(O)cc1. The summed E-state index contributed by atoms with van der Waals surface area (Å²) in [6, 6.07) is 11.3. The lowest BCUT2D eigenvalue weighted by atomic mass is 10.1. The number of nitrogens with one attached hydrogen (secondary N) is 2. The molecule has 190 valence electrons. The molecule has 36 heavy (non-hydrogen) atoms. The molecule has 0 aliphatic rings. The molecular weight excluding hydrogens is 464 g/mol. The Morgan fingerprint density at radius 1 is 0.722 bits per heavy atom. The Kier molecular flexibility index (Phi) is 8.66. The second-order valence-corrected chi connectivity index (χ2v) is 7.95. The summed E-state index contributed by atoms with van der Waals surface area (Å²) in [6.07, 6.45) is 0. The van der Waals surface area contributed by atoms with E-state index in [9.17, 15) is 19.8 Å². The van der Waals surface area contributed by atoms with Crippen molar-refractivity contribution < 1.29 is 29.3 Å². The van der Waals surface area contributed by atoms with E-state index in [1.54, 1.807) is 52.0 Å². The molecule has 0 saturated carbocycles. The average molecular weight is 495 g/mol. The van der Waals surface area contributed by atoms with Gasteiger partial charge in [0.2, 0.25) is 0 Å². The van der Waals surface area contributed by atoms with Crippen molar-refractivity contribution in [2.24, 2.45) is 0 Å². The van der Waals surface area contributed by atoms with Crippen LogP contribution in [-0.2, 0) is 19.1 Å². The van der Waals surface area contributed by atoms with Gasteiger partial charge in [0, 0.05) is 11.1 Å². The highest BCUT2D eigenvalue weighted by molar-refractivity contribution is 5.86. The number of phenolic OH excluding ortho intramolecular Hbond substituents is 2. The van der Waals surface area contributed by atoms with Gasteiger partial charge >= 0.3 is 11.9 Å². The predicted molar refractivity (Wildman–Crippen MR) is 136 cm³/mol. The number of rotatable bonds is 10. The fourth-order valence-electron chi connectivity index (χ4n) is 3.34. The van der Waals surface area contributed by atoms with Crippen LogP contribution in [0.1, 0.15) is 27.7 Å².